The molecular formula is C20H33N3O4. The molecule has 0 fully saturated rings. The quantitative estimate of drug-likeness (QED) is 0.281. The van der Waals surface area contributed by atoms with Crippen molar-refractivity contribution in [3.05, 3.63) is 29.8 Å². The number of hydrogen-bond donors (Lipinski definition) is 2. The summed E-state index contributed by atoms with van der Waals surface area (Å²) in [4.78, 5) is 16.5. The fraction of sp³-hybridized carbons (Fsp3) is 0.600. The lowest BCUT2D eigenvalue weighted by Crippen LogP contribution is -2.42. The molecule has 7 heteroatoms. The van der Waals surface area contributed by atoms with E-state index in [2.05, 4.69) is 15.6 Å². The van der Waals surface area contributed by atoms with Gasteiger partial charge in [-0.05, 0) is 51.8 Å². The van der Waals surface area contributed by atoms with Gasteiger partial charge in [-0.15, -0.1) is 0 Å². The van der Waals surface area contributed by atoms with Crippen LogP contribution >= 0.6 is 0 Å². The highest BCUT2D eigenvalue weighted by atomic mass is 16.6. The number of esters is 1. The maximum absolute atomic E-state index is 11.9. The van der Waals surface area contributed by atoms with Crippen molar-refractivity contribution in [1.82, 2.24) is 10.6 Å². The summed E-state index contributed by atoms with van der Waals surface area (Å²) in [6, 6.07) is 7.72. The molecular weight excluding hydrogens is 346 g/mol. The van der Waals surface area contributed by atoms with Gasteiger partial charge in [0.15, 0.2) is 5.96 Å². The minimum atomic E-state index is -0.510. The summed E-state index contributed by atoms with van der Waals surface area (Å²) in [5, 5.41) is 6.24. The number of ether oxygens (including phenoxy) is 3. The molecule has 1 aromatic carbocycles. The molecule has 0 bridgehead atoms. The van der Waals surface area contributed by atoms with Gasteiger partial charge in [-0.1, -0.05) is 12.1 Å². The van der Waals surface area contributed by atoms with Crippen molar-refractivity contribution in [2.24, 2.45) is 4.99 Å². The van der Waals surface area contributed by atoms with Crippen molar-refractivity contribution >= 4 is 11.9 Å². The lowest BCUT2D eigenvalue weighted by atomic mass is 10.2. The molecule has 0 spiro atoms. The number of rotatable bonds is 10. The Morgan fingerprint density at radius 3 is 2.44 bits per heavy atom. The van der Waals surface area contributed by atoms with E-state index in [-0.39, 0.29) is 12.5 Å². The first kappa shape index (κ1) is 22.8. The number of guanidine groups is 1. The monoisotopic (exact) mass is 379 g/mol. The van der Waals surface area contributed by atoms with E-state index in [4.69, 9.17) is 14.2 Å². The lowest BCUT2D eigenvalue weighted by molar-refractivity contribution is -0.153. The van der Waals surface area contributed by atoms with Crippen LogP contribution in [-0.2, 0) is 20.8 Å². The van der Waals surface area contributed by atoms with Crippen LogP contribution in [-0.4, -0.2) is 50.9 Å². The van der Waals surface area contributed by atoms with E-state index in [9.17, 15) is 4.79 Å². The van der Waals surface area contributed by atoms with Gasteiger partial charge in [0.25, 0.3) is 0 Å². The number of nitrogens with one attached hydrogen (secondary N) is 2. The number of benzene rings is 1. The molecule has 0 aromatic heterocycles. The van der Waals surface area contributed by atoms with Gasteiger partial charge in [0, 0.05) is 19.8 Å². The predicted molar refractivity (Wildman–Crippen MR) is 107 cm³/mol. The maximum Gasteiger partial charge on any atom is 0.325 e. The van der Waals surface area contributed by atoms with Crippen molar-refractivity contribution in [3.8, 4) is 5.75 Å². The lowest BCUT2D eigenvalue weighted by Gasteiger charge is -2.20. The van der Waals surface area contributed by atoms with Crippen molar-refractivity contribution in [2.45, 2.75) is 46.3 Å². The maximum atomic E-state index is 11.9. The van der Waals surface area contributed by atoms with Crippen LogP contribution in [0.4, 0.5) is 0 Å². The Labute approximate surface area is 162 Å². The Kier molecular flexibility index (Phi) is 10.3. The fourth-order valence-corrected chi connectivity index (χ4v) is 2.13. The second-order valence-corrected chi connectivity index (χ2v) is 6.93. The standard InChI is InChI=1S/C20H33N3O4/c1-6-26-13-7-12-21-19(23-15-18(24)27-20(2,3)4)22-14-16-8-10-17(25-5)11-9-16/h8-11H,6-7,12-15H2,1-5H3,(H2,21,22,23). The van der Waals surface area contributed by atoms with E-state index in [0.717, 1.165) is 17.7 Å². The first-order chi connectivity index (χ1) is 12.8. The van der Waals surface area contributed by atoms with Gasteiger partial charge >= 0.3 is 5.97 Å². The number of methoxy groups -OCH3 is 1. The summed E-state index contributed by atoms with van der Waals surface area (Å²) in [7, 11) is 1.64. The average Bonchev–Trinajstić information content (AvgIpc) is 2.62. The summed E-state index contributed by atoms with van der Waals surface area (Å²) in [6.07, 6.45) is 0.851. The van der Waals surface area contributed by atoms with Crippen LogP contribution in [0.2, 0.25) is 0 Å². The molecule has 0 saturated carbocycles. The second kappa shape index (κ2) is 12.2. The molecule has 0 aliphatic carbocycles. The number of hydrogen-bond acceptors (Lipinski definition) is 5. The Balaban J connectivity index is 2.60. The summed E-state index contributed by atoms with van der Waals surface area (Å²) >= 11 is 0. The first-order valence-corrected chi connectivity index (χ1v) is 9.28. The van der Waals surface area contributed by atoms with Gasteiger partial charge in [0.2, 0.25) is 0 Å². The van der Waals surface area contributed by atoms with E-state index >= 15 is 0 Å². The van der Waals surface area contributed by atoms with E-state index in [1.807, 2.05) is 52.0 Å². The summed E-state index contributed by atoms with van der Waals surface area (Å²) in [6.45, 7) is 10.1. The van der Waals surface area contributed by atoms with Crippen LogP contribution < -0.4 is 15.4 Å². The van der Waals surface area contributed by atoms with Crippen molar-refractivity contribution in [1.29, 1.82) is 0 Å². The smallest absolute Gasteiger partial charge is 0.325 e. The van der Waals surface area contributed by atoms with Gasteiger partial charge in [-0.25, -0.2) is 4.99 Å². The number of aliphatic imine (C=N–C) groups is 1. The molecule has 152 valence electrons. The van der Waals surface area contributed by atoms with Crippen LogP contribution in [0.1, 0.15) is 39.7 Å². The molecule has 0 unspecified atom stereocenters. The zero-order chi connectivity index (χ0) is 20.1. The fourth-order valence-electron chi connectivity index (χ4n) is 2.13. The zero-order valence-corrected chi connectivity index (χ0v) is 17.1. The molecule has 0 atom stereocenters. The summed E-state index contributed by atoms with van der Waals surface area (Å²) < 4.78 is 15.8. The van der Waals surface area contributed by atoms with Crippen LogP contribution in [0.5, 0.6) is 5.75 Å². The van der Waals surface area contributed by atoms with E-state index in [1.54, 1.807) is 7.11 Å². The Morgan fingerprint density at radius 2 is 1.85 bits per heavy atom. The Morgan fingerprint density at radius 1 is 1.15 bits per heavy atom. The van der Waals surface area contributed by atoms with Gasteiger partial charge in [0.05, 0.1) is 13.7 Å². The average molecular weight is 380 g/mol. The molecule has 0 heterocycles. The van der Waals surface area contributed by atoms with Gasteiger partial charge < -0.3 is 24.8 Å². The largest absolute Gasteiger partial charge is 0.497 e. The first-order valence-electron chi connectivity index (χ1n) is 9.28. The van der Waals surface area contributed by atoms with Gasteiger partial charge in [-0.3, -0.25) is 4.79 Å². The molecule has 0 saturated heterocycles. The van der Waals surface area contributed by atoms with Crippen molar-refractivity contribution in [2.75, 3.05) is 33.4 Å². The number of carbonyl (C=O) groups is 1. The molecule has 0 radical (unpaired) electrons. The third-order valence-corrected chi connectivity index (χ3v) is 3.36. The van der Waals surface area contributed by atoms with Crippen LogP contribution in [0.15, 0.2) is 29.3 Å². The molecule has 2 N–H and O–H groups in total. The molecule has 7 nitrogen and oxygen atoms in total. The molecule has 0 aliphatic rings. The minimum absolute atomic E-state index is 0.0528. The van der Waals surface area contributed by atoms with Crippen molar-refractivity contribution in [3.63, 3.8) is 0 Å². The number of nitrogens with zero attached hydrogens (tertiary/aromatic N) is 1. The van der Waals surface area contributed by atoms with E-state index in [1.165, 1.54) is 0 Å². The second-order valence-electron chi connectivity index (χ2n) is 6.93. The zero-order valence-electron chi connectivity index (χ0n) is 17.1. The van der Waals surface area contributed by atoms with Gasteiger partial charge in [0.1, 0.15) is 17.9 Å². The van der Waals surface area contributed by atoms with Crippen LogP contribution in [0.25, 0.3) is 0 Å². The van der Waals surface area contributed by atoms with E-state index in [0.29, 0.717) is 32.3 Å². The minimum Gasteiger partial charge on any atom is -0.497 e. The molecule has 1 aromatic rings. The Hall–Kier alpha value is -2.28. The van der Waals surface area contributed by atoms with Gasteiger partial charge in [-0.2, -0.15) is 0 Å². The highest BCUT2D eigenvalue weighted by Gasteiger charge is 2.16. The third-order valence-electron chi connectivity index (χ3n) is 3.36. The topological polar surface area (TPSA) is 81.2 Å². The highest BCUT2D eigenvalue weighted by molar-refractivity contribution is 5.84. The molecule has 0 amide bonds. The molecule has 1 rings (SSSR count). The highest BCUT2D eigenvalue weighted by Crippen LogP contribution is 2.11. The normalized spacial score (nSPS) is 11.8. The SMILES string of the molecule is CCOCCCNC(=NCc1ccc(OC)cc1)NCC(=O)OC(C)(C)C. The molecule has 0 aliphatic heterocycles. The Bertz CT molecular complexity index is 580. The third kappa shape index (κ3) is 11.1. The van der Waals surface area contributed by atoms with Crippen LogP contribution in [0, 0.1) is 0 Å². The van der Waals surface area contributed by atoms with Crippen LogP contribution in [0.3, 0.4) is 0 Å². The van der Waals surface area contributed by atoms with E-state index < -0.39 is 5.60 Å². The van der Waals surface area contributed by atoms with Crippen molar-refractivity contribution < 1.29 is 19.0 Å². The molecule has 27 heavy (non-hydrogen) atoms. The summed E-state index contributed by atoms with van der Waals surface area (Å²) in [5.74, 6) is 1.05. The predicted octanol–water partition coefficient (Wildman–Crippen LogP) is 2.50. The number of carbonyl (C=O) groups excluding carboxylic acids is 1. The summed E-state index contributed by atoms with van der Waals surface area (Å²) in [5.41, 5.74) is 0.535.